The molecule has 2 atom stereocenters. The van der Waals surface area contributed by atoms with Gasteiger partial charge in [-0.25, -0.2) is 0 Å². The molecular formula is C12H24N4S. The van der Waals surface area contributed by atoms with Crippen molar-refractivity contribution in [1.82, 2.24) is 15.2 Å². The number of aryl methyl sites for hydroxylation is 1. The molecule has 0 radical (unpaired) electrons. The van der Waals surface area contributed by atoms with Crippen molar-refractivity contribution in [3.63, 3.8) is 0 Å². The van der Waals surface area contributed by atoms with Crippen LogP contribution in [0.5, 0.6) is 0 Å². The number of rotatable bonds is 8. The van der Waals surface area contributed by atoms with E-state index >= 15 is 0 Å². The third kappa shape index (κ3) is 5.10. The highest BCUT2D eigenvalue weighted by Crippen LogP contribution is 2.16. The number of nitrogens with one attached hydrogen (secondary N) is 1. The minimum absolute atomic E-state index is 0.323. The summed E-state index contributed by atoms with van der Waals surface area (Å²) in [7, 11) is 0. The lowest BCUT2D eigenvalue weighted by molar-refractivity contribution is 0.574. The SMILES string of the molecule is CCC(C)SCC(Cc1cnn(CC)c1)NN. The molecule has 0 aromatic carbocycles. The molecule has 1 aromatic heterocycles. The molecule has 2 unspecified atom stereocenters. The lowest BCUT2D eigenvalue weighted by Gasteiger charge is -2.16. The number of hydrogen-bond acceptors (Lipinski definition) is 4. The first-order valence-electron chi connectivity index (χ1n) is 6.28. The molecule has 98 valence electrons. The number of hydrazine groups is 1. The fourth-order valence-electron chi connectivity index (χ4n) is 1.53. The zero-order valence-electron chi connectivity index (χ0n) is 11.0. The van der Waals surface area contributed by atoms with Gasteiger partial charge < -0.3 is 0 Å². The average molecular weight is 256 g/mol. The maximum Gasteiger partial charge on any atom is 0.0522 e. The highest BCUT2D eigenvalue weighted by Gasteiger charge is 2.11. The first-order valence-corrected chi connectivity index (χ1v) is 7.33. The molecule has 0 fully saturated rings. The summed E-state index contributed by atoms with van der Waals surface area (Å²) in [5, 5.41) is 4.97. The van der Waals surface area contributed by atoms with Crippen molar-refractivity contribution in [2.45, 2.75) is 51.4 Å². The average Bonchev–Trinajstić information content (AvgIpc) is 2.81. The smallest absolute Gasteiger partial charge is 0.0522 e. The fraction of sp³-hybridized carbons (Fsp3) is 0.750. The maximum absolute atomic E-state index is 5.60. The quantitative estimate of drug-likeness (QED) is 0.550. The van der Waals surface area contributed by atoms with E-state index in [0.29, 0.717) is 11.3 Å². The summed E-state index contributed by atoms with van der Waals surface area (Å²) in [6.07, 6.45) is 6.18. The second-order valence-electron chi connectivity index (χ2n) is 4.32. The molecule has 0 bridgehead atoms. The van der Waals surface area contributed by atoms with Crippen LogP contribution in [0.1, 0.15) is 32.8 Å². The Morgan fingerprint density at radius 1 is 1.53 bits per heavy atom. The van der Waals surface area contributed by atoms with Gasteiger partial charge in [0.15, 0.2) is 0 Å². The lowest BCUT2D eigenvalue weighted by atomic mass is 10.1. The van der Waals surface area contributed by atoms with Crippen molar-refractivity contribution >= 4 is 11.8 Å². The van der Waals surface area contributed by atoms with Crippen LogP contribution in [0.3, 0.4) is 0 Å². The molecule has 4 nitrogen and oxygen atoms in total. The fourth-order valence-corrected chi connectivity index (χ4v) is 2.54. The summed E-state index contributed by atoms with van der Waals surface area (Å²) in [5.41, 5.74) is 4.15. The van der Waals surface area contributed by atoms with Gasteiger partial charge in [-0.05, 0) is 25.3 Å². The van der Waals surface area contributed by atoms with E-state index in [9.17, 15) is 0 Å². The molecule has 17 heavy (non-hydrogen) atoms. The van der Waals surface area contributed by atoms with E-state index < -0.39 is 0 Å². The van der Waals surface area contributed by atoms with Gasteiger partial charge in [-0.3, -0.25) is 16.0 Å². The van der Waals surface area contributed by atoms with Gasteiger partial charge in [-0.15, -0.1) is 0 Å². The van der Waals surface area contributed by atoms with Crippen LogP contribution in [0.4, 0.5) is 0 Å². The van der Waals surface area contributed by atoms with E-state index in [4.69, 9.17) is 5.84 Å². The minimum Gasteiger partial charge on any atom is -0.273 e. The van der Waals surface area contributed by atoms with Crippen molar-refractivity contribution < 1.29 is 0 Å². The van der Waals surface area contributed by atoms with Gasteiger partial charge in [0.1, 0.15) is 0 Å². The molecule has 0 aliphatic rings. The number of nitrogens with zero attached hydrogens (tertiary/aromatic N) is 2. The molecule has 1 rings (SSSR count). The monoisotopic (exact) mass is 256 g/mol. The Bertz CT molecular complexity index is 313. The van der Waals surface area contributed by atoms with E-state index in [1.165, 1.54) is 12.0 Å². The Balaban J connectivity index is 2.40. The normalized spacial score (nSPS) is 14.8. The molecule has 0 aliphatic heterocycles. The molecule has 0 amide bonds. The van der Waals surface area contributed by atoms with Gasteiger partial charge >= 0.3 is 0 Å². The Kier molecular flexibility index (Phi) is 6.62. The Hall–Kier alpha value is -0.520. The van der Waals surface area contributed by atoms with Gasteiger partial charge in [0, 0.05) is 29.8 Å². The summed E-state index contributed by atoms with van der Waals surface area (Å²) in [6, 6.07) is 0.323. The molecule has 0 saturated carbocycles. The Labute approximate surface area is 108 Å². The first-order chi connectivity index (χ1) is 8.19. The van der Waals surface area contributed by atoms with Gasteiger partial charge in [0.2, 0.25) is 0 Å². The van der Waals surface area contributed by atoms with Crippen molar-refractivity contribution in [1.29, 1.82) is 0 Å². The van der Waals surface area contributed by atoms with Crippen molar-refractivity contribution in [2.24, 2.45) is 5.84 Å². The van der Waals surface area contributed by atoms with Crippen LogP contribution >= 0.6 is 11.8 Å². The summed E-state index contributed by atoms with van der Waals surface area (Å²) in [6.45, 7) is 7.48. The van der Waals surface area contributed by atoms with E-state index in [2.05, 4.69) is 37.5 Å². The third-order valence-corrected chi connectivity index (χ3v) is 4.38. The molecule has 0 aliphatic carbocycles. The molecular weight excluding hydrogens is 232 g/mol. The Morgan fingerprint density at radius 3 is 2.82 bits per heavy atom. The summed E-state index contributed by atoms with van der Waals surface area (Å²) in [4.78, 5) is 0. The van der Waals surface area contributed by atoms with Crippen molar-refractivity contribution in [3.8, 4) is 0 Å². The van der Waals surface area contributed by atoms with Gasteiger partial charge in [-0.2, -0.15) is 16.9 Å². The van der Waals surface area contributed by atoms with Crippen LogP contribution in [0.2, 0.25) is 0 Å². The third-order valence-electron chi connectivity index (χ3n) is 2.89. The standard InChI is InChI=1S/C12H24N4S/c1-4-10(3)17-9-12(15-13)6-11-7-14-16(5-2)8-11/h7-8,10,12,15H,4-6,9,13H2,1-3H3. The zero-order valence-corrected chi connectivity index (χ0v) is 11.8. The molecule has 5 heteroatoms. The van der Waals surface area contributed by atoms with Crippen molar-refractivity contribution in [2.75, 3.05) is 5.75 Å². The van der Waals surface area contributed by atoms with Crippen LogP contribution in [-0.4, -0.2) is 26.8 Å². The number of hydrogen-bond donors (Lipinski definition) is 2. The second-order valence-corrected chi connectivity index (χ2v) is 5.80. The van der Waals surface area contributed by atoms with Crippen molar-refractivity contribution in [3.05, 3.63) is 18.0 Å². The van der Waals surface area contributed by atoms with E-state index in [0.717, 1.165) is 18.7 Å². The molecule has 0 saturated heterocycles. The summed E-state index contributed by atoms with van der Waals surface area (Å²) >= 11 is 1.97. The highest BCUT2D eigenvalue weighted by atomic mass is 32.2. The van der Waals surface area contributed by atoms with Crippen LogP contribution in [0, 0.1) is 0 Å². The number of nitrogens with two attached hydrogens (primary N) is 1. The largest absolute Gasteiger partial charge is 0.273 e. The lowest BCUT2D eigenvalue weighted by Crippen LogP contribution is -2.39. The first kappa shape index (κ1) is 14.5. The molecule has 1 aromatic rings. The van der Waals surface area contributed by atoms with Crippen LogP contribution in [0.25, 0.3) is 0 Å². The predicted octanol–water partition coefficient (Wildman–Crippen LogP) is 1.81. The minimum atomic E-state index is 0.323. The Morgan fingerprint density at radius 2 is 2.29 bits per heavy atom. The van der Waals surface area contributed by atoms with Gasteiger partial charge in [0.25, 0.3) is 0 Å². The van der Waals surface area contributed by atoms with Gasteiger partial charge in [-0.1, -0.05) is 13.8 Å². The second kappa shape index (κ2) is 7.74. The van der Waals surface area contributed by atoms with E-state index in [1.807, 2.05) is 22.6 Å². The summed E-state index contributed by atoms with van der Waals surface area (Å²) in [5.74, 6) is 6.64. The van der Waals surface area contributed by atoms with Crippen LogP contribution in [0.15, 0.2) is 12.4 Å². The number of aromatic nitrogens is 2. The zero-order chi connectivity index (χ0) is 12.7. The highest BCUT2D eigenvalue weighted by molar-refractivity contribution is 7.99. The number of thioether (sulfide) groups is 1. The predicted molar refractivity (Wildman–Crippen MR) is 74.9 cm³/mol. The maximum atomic E-state index is 5.60. The molecule has 1 heterocycles. The summed E-state index contributed by atoms with van der Waals surface area (Å²) < 4.78 is 1.95. The van der Waals surface area contributed by atoms with Crippen LogP contribution in [-0.2, 0) is 13.0 Å². The molecule has 0 spiro atoms. The van der Waals surface area contributed by atoms with Gasteiger partial charge in [0.05, 0.1) is 6.20 Å². The topological polar surface area (TPSA) is 55.9 Å². The van der Waals surface area contributed by atoms with E-state index in [1.54, 1.807) is 0 Å². The van der Waals surface area contributed by atoms with E-state index in [-0.39, 0.29) is 0 Å². The molecule has 3 N–H and O–H groups in total. The van der Waals surface area contributed by atoms with Crippen LogP contribution < -0.4 is 11.3 Å².